The highest BCUT2D eigenvalue weighted by Gasteiger charge is 2.23. The van der Waals surface area contributed by atoms with Gasteiger partial charge in [0.1, 0.15) is 5.82 Å². The zero-order valence-corrected chi connectivity index (χ0v) is 14.6. The quantitative estimate of drug-likeness (QED) is 0.745. The van der Waals surface area contributed by atoms with Crippen LogP contribution < -0.4 is 5.32 Å². The number of aryl methyl sites for hydroxylation is 1. The second-order valence-corrected chi connectivity index (χ2v) is 6.70. The maximum Gasteiger partial charge on any atom is 0.161 e. The molecule has 0 aliphatic heterocycles. The number of anilines is 1. The lowest BCUT2D eigenvalue weighted by Gasteiger charge is -2.11. The number of nitrogens with one attached hydrogen (secondary N) is 1. The van der Waals surface area contributed by atoms with Crippen molar-refractivity contribution in [1.29, 1.82) is 0 Å². The Balaban J connectivity index is 1.91. The Labute approximate surface area is 139 Å². The molecule has 1 aliphatic rings. The molecule has 1 aliphatic carbocycles. The molecule has 3 nitrogen and oxygen atoms in total. The lowest BCUT2D eigenvalue weighted by molar-refractivity contribution is 0.958. The molecular formula is C17H20IN3. The molecule has 21 heavy (non-hydrogen) atoms. The SMILES string of the molecule is CCCNc1nc(-c2ccc(C3CC3)cc2)nc(C)c1I. The Kier molecular flexibility index (Phi) is 4.42. The molecule has 1 fully saturated rings. The van der Waals surface area contributed by atoms with E-state index in [-0.39, 0.29) is 0 Å². The third kappa shape index (κ3) is 3.36. The van der Waals surface area contributed by atoms with Crippen LogP contribution >= 0.6 is 22.6 Å². The van der Waals surface area contributed by atoms with E-state index in [0.717, 1.165) is 45.4 Å². The molecule has 1 aromatic carbocycles. The van der Waals surface area contributed by atoms with Crippen LogP contribution in [0.4, 0.5) is 5.82 Å². The molecule has 1 saturated carbocycles. The highest BCUT2D eigenvalue weighted by atomic mass is 127. The topological polar surface area (TPSA) is 37.8 Å². The van der Waals surface area contributed by atoms with Gasteiger partial charge in [0.2, 0.25) is 0 Å². The molecule has 0 radical (unpaired) electrons. The summed E-state index contributed by atoms with van der Waals surface area (Å²) in [6, 6.07) is 8.75. The Morgan fingerprint density at radius 1 is 1.19 bits per heavy atom. The molecule has 0 spiro atoms. The number of hydrogen-bond acceptors (Lipinski definition) is 3. The maximum atomic E-state index is 4.70. The van der Waals surface area contributed by atoms with Crippen LogP contribution in [0.5, 0.6) is 0 Å². The normalized spacial score (nSPS) is 14.2. The number of aromatic nitrogens is 2. The smallest absolute Gasteiger partial charge is 0.161 e. The zero-order chi connectivity index (χ0) is 14.8. The van der Waals surface area contributed by atoms with Crippen molar-refractivity contribution in [2.24, 2.45) is 0 Å². The lowest BCUT2D eigenvalue weighted by atomic mass is 10.1. The van der Waals surface area contributed by atoms with Crippen LogP contribution in [0.15, 0.2) is 24.3 Å². The van der Waals surface area contributed by atoms with Crippen molar-refractivity contribution in [2.75, 3.05) is 11.9 Å². The Morgan fingerprint density at radius 3 is 2.52 bits per heavy atom. The number of nitrogens with zero attached hydrogens (tertiary/aromatic N) is 2. The molecule has 1 N–H and O–H groups in total. The standard InChI is InChI=1S/C17H20IN3/c1-3-10-19-17-15(18)11(2)20-16(21-17)14-8-6-13(7-9-14)12-4-5-12/h6-9,12H,3-5,10H2,1-2H3,(H,19,20,21). The first-order valence-electron chi connectivity index (χ1n) is 7.57. The Bertz CT molecular complexity index is 633. The average Bonchev–Trinajstić information content (AvgIpc) is 3.33. The van der Waals surface area contributed by atoms with E-state index in [1.807, 2.05) is 6.92 Å². The van der Waals surface area contributed by atoms with E-state index in [0.29, 0.717) is 0 Å². The van der Waals surface area contributed by atoms with E-state index in [2.05, 4.69) is 64.1 Å². The second kappa shape index (κ2) is 6.30. The van der Waals surface area contributed by atoms with Crippen LogP contribution in [0.25, 0.3) is 11.4 Å². The molecule has 0 saturated heterocycles. The van der Waals surface area contributed by atoms with Gasteiger partial charge < -0.3 is 5.32 Å². The number of hydrogen-bond donors (Lipinski definition) is 1. The zero-order valence-electron chi connectivity index (χ0n) is 12.5. The van der Waals surface area contributed by atoms with E-state index in [1.165, 1.54) is 18.4 Å². The second-order valence-electron chi connectivity index (χ2n) is 5.62. The van der Waals surface area contributed by atoms with Gasteiger partial charge in [-0.25, -0.2) is 9.97 Å². The van der Waals surface area contributed by atoms with Crippen LogP contribution in [0.2, 0.25) is 0 Å². The van der Waals surface area contributed by atoms with Crippen molar-refractivity contribution in [3.05, 3.63) is 39.1 Å². The van der Waals surface area contributed by atoms with Gasteiger partial charge in [0, 0.05) is 12.1 Å². The van der Waals surface area contributed by atoms with Gasteiger partial charge in [-0.15, -0.1) is 0 Å². The highest BCUT2D eigenvalue weighted by Crippen LogP contribution is 2.40. The van der Waals surface area contributed by atoms with Gasteiger partial charge in [-0.05, 0) is 60.3 Å². The third-order valence-corrected chi connectivity index (χ3v) is 5.07. The molecule has 0 amide bonds. The Morgan fingerprint density at radius 2 is 1.90 bits per heavy atom. The minimum absolute atomic E-state index is 0.792. The van der Waals surface area contributed by atoms with Crippen molar-refractivity contribution in [2.45, 2.75) is 39.0 Å². The fourth-order valence-corrected chi connectivity index (χ4v) is 2.80. The Hall–Kier alpha value is -1.17. The predicted molar refractivity (Wildman–Crippen MR) is 95.7 cm³/mol. The number of halogens is 1. The fourth-order valence-electron chi connectivity index (χ4n) is 2.37. The van der Waals surface area contributed by atoms with Gasteiger partial charge in [0.25, 0.3) is 0 Å². The first kappa shape index (κ1) is 14.8. The summed E-state index contributed by atoms with van der Waals surface area (Å²) in [5.41, 5.74) is 3.58. The van der Waals surface area contributed by atoms with E-state index in [1.54, 1.807) is 0 Å². The van der Waals surface area contributed by atoms with Gasteiger partial charge in [-0.3, -0.25) is 0 Å². The minimum Gasteiger partial charge on any atom is -0.369 e. The largest absolute Gasteiger partial charge is 0.369 e. The molecular weight excluding hydrogens is 373 g/mol. The van der Waals surface area contributed by atoms with Gasteiger partial charge in [0.15, 0.2) is 5.82 Å². The van der Waals surface area contributed by atoms with Crippen LogP contribution in [-0.4, -0.2) is 16.5 Å². The summed E-state index contributed by atoms with van der Waals surface area (Å²) < 4.78 is 1.11. The molecule has 3 rings (SSSR count). The van der Waals surface area contributed by atoms with Gasteiger partial charge in [-0.1, -0.05) is 31.2 Å². The van der Waals surface area contributed by atoms with Gasteiger partial charge >= 0.3 is 0 Å². The van der Waals surface area contributed by atoms with Crippen LogP contribution in [0.1, 0.15) is 43.4 Å². The summed E-state index contributed by atoms with van der Waals surface area (Å²) in [4.78, 5) is 9.34. The van der Waals surface area contributed by atoms with Crippen LogP contribution in [-0.2, 0) is 0 Å². The van der Waals surface area contributed by atoms with Crippen LogP contribution in [0.3, 0.4) is 0 Å². The van der Waals surface area contributed by atoms with E-state index in [4.69, 9.17) is 4.98 Å². The summed E-state index contributed by atoms with van der Waals surface area (Å²) in [7, 11) is 0. The van der Waals surface area contributed by atoms with Crippen molar-refractivity contribution < 1.29 is 0 Å². The molecule has 0 bridgehead atoms. The first-order valence-corrected chi connectivity index (χ1v) is 8.65. The fraction of sp³-hybridized carbons (Fsp3) is 0.412. The summed E-state index contributed by atoms with van der Waals surface area (Å²) in [5, 5.41) is 3.39. The van der Waals surface area contributed by atoms with Crippen molar-refractivity contribution in [3.8, 4) is 11.4 Å². The number of benzene rings is 1. The maximum absolute atomic E-state index is 4.70. The van der Waals surface area contributed by atoms with Crippen molar-refractivity contribution in [1.82, 2.24) is 9.97 Å². The lowest BCUT2D eigenvalue weighted by Crippen LogP contribution is -2.07. The molecule has 1 heterocycles. The highest BCUT2D eigenvalue weighted by molar-refractivity contribution is 14.1. The monoisotopic (exact) mass is 393 g/mol. The van der Waals surface area contributed by atoms with Crippen molar-refractivity contribution in [3.63, 3.8) is 0 Å². The van der Waals surface area contributed by atoms with Gasteiger partial charge in [-0.2, -0.15) is 0 Å². The van der Waals surface area contributed by atoms with Gasteiger partial charge in [0.05, 0.1) is 9.26 Å². The van der Waals surface area contributed by atoms with E-state index in [9.17, 15) is 0 Å². The summed E-state index contributed by atoms with van der Waals surface area (Å²) >= 11 is 2.32. The molecule has 2 aromatic rings. The summed E-state index contributed by atoms with van der Waals surface area (Å²) in [6.45, 7) is 5.14. The predicted octanol–water partition coefficient (Wildman–Crippen LogP) is 4.76. The molecule has 4 heteroatoms. The van der Waals surface area contributed by atoms with E-state index < -0.39 is 0 Å². The van der Waals surface area contributed by atoms with E-state index >= 15 is 0 Å². The van der Waals surface area contributed by atoms with Crippen LogP contribution in [0, 0.1) is 10.5 Å². The number of rotatable bonds is 5. The molecule has 1 aromatic heterocycles. The molecule has 0 unspecified atom stereocenters. The third-order valence-electron chi connectivity index (χ3n) is 3.78. The molecule has 0 atom stereocenters. The minimum atomic E-state index is 0.792. The summed E-state index contributed by atoms with van der Waals surface area (Å²) in [6.07, 6.45) is 3.76. The molecule has 110 valence electrons. The first-order chi connectivity index (χ1) is 10.2. The van der Waals surface area contributed by atoms with Crippen molar-refractivity contribution >= 4 is 28.4 Å². The summed E-state index contributed by atoms with van der Waals surface area (Å²) in [5.74, 6) is 2.56. The average molecular weight is 393 g/mol.